The number of carbonyl (C=O) groups is 3. The Morgan fingerprint density at radius 2 is 1.73 bits per heavy atom. The summed E-state index contributed by atoms with van der Waals surface area (Å²) in [4.78, 5) is 37.6. The SMILES string of the molecule is CC(CCCNC(=O)OCC1c2ccccc2-c2ccccc21)C(=O)N1CCC[C@@H]1C(=O)O. The van der Waals surface area contributed by atoms with E-state index in [9.17, 15) is 19.5 Å². The van der Waals surface area contributed by atoms with Gasteiger partial charge in [-0.25, -0.2) is 9.59 Å². The highest BCUT2D eigenvalue weighted by molar-refractivity contribution is 5.85. The summed E-state index contributed by atoms with van der Waals surface area (Å²) in [5.74, 6) is -1.33. The normalized spacial score (nSPS) is 17.8. The summed E-state index contributed by atoms with van der Waals surface area (Å²) in [6, 6.07) is 15.7. The van der Waals surface area contributed by atoms with Gasteiger partial charge >= 0.3 is 12.1 Å². The van der Waals surface area contributed by atoms with E-state index in [1.54, 1.807) is 0 Å². The number of carboxylic acid groups (broad SMARTS) is 1. The molecule has 2 aromatic carbocycles. The summed E-state index contributed by atoms with van der Waals surface area (Å²) in [6.45, 7) is 2.97. The molecule has 1 aliphatic heterocycles. The van der Waals surface area contributed by atoms with Crippen molar-refractivity contribution in [2.45, 2.75) is 44.6 Å². The third-order valence-electron chi connectivity index (χ3n) is 6.67. The molecule has 0 spiro atoms. The van der Waals surface area contributed by atoms with Crippen molar-refractivity contribution < 1.29 is 24.2 Å². The molecule has 1 heterocycles. The van der Waals surface area contributed by atoms with Crippen LogP contribution in [-0.4, -0.2) is 53.7 Å². The summed E-state index contributed by atoms with van der Waals surface area (Å²) in [6.07, 6.45) is 1.95. The summed E-state index contributed by atoms with van der Waals surface area (Å²) in [7, 11) is 0. The lowest BCUT2D eigenvalue weighted by Crippen LogP contribution is -2.43. The summed E-state index contributed by atoms with van der Waals surface area (Å²) >= 11 is 0. The van der Waals surface area contributed by atoms with Gasteiger partial charge in [-0.05, 0) is 47.9 Å². The molecule has 2 N–H and O–H groups in total. The van der Waals surface area contributed by atoms with Gasteiger partial charge in [-0.1, -0.05) is 55.5 Å². The van der Waals surface area contributed by atoms with Crippen molar-refractivity contribution in [3.63, 3.8) is 0 Å². The Balaban J connectivity index is 1.22. The fraction of sp³-hybridized carbons (Fsp3) is 0.423. The van der Waals surface area contributed by atoms with Crippen LogP contribution in [0.4, 0.5) is 4.79 Å². The quantitative estimate of drug-likeness (QED) is 0.593. The third kappa shape index (κ3) is 4.87. The van der Waals surface area contributed by atoms with E-state index in [1.807, 2.05) is 31.2 Å². The van der Waals surface area contributed by atoms with Gasteiger partial charge in [0, 0.05) is 24.9 Å². The second-order valence-electron chi connectivity index (χ2n) is 8.82. The van der Waals surface area contributed by atoms with Gasteiger partial charge in [0.2, 0.25) is 5.91 Å². The molecule has 174 valence electrons. The van der Waals surface area contributed by atoms with Gasteiger partial charge < -0.3 is 20.1 Å². The van der Waals surface area contributed by atoms with Gasteiger partial charge in [0.05, 0.1) is 0 Å². The number of hydrogen-bond donors (Lipinski definition) is 2. The van der Waals surface area contributed by atoms with E-state index in [0.29, 0.717) is 32.4 Å². The zero-order chi connectivity index (χ0) is 23.4. The molecule has 1 saturated heterocycles. The zero-order valence-electron chi connectivity index (χ0n) is 18.8. The van der Waals surface area contributed by atoms with Crippen LogP contribution >= 0.6 is 0 Å². The molecule has 2 aromatic rings. The standard InChI is InChI=1S/C26H30N2O5/c1-17(24(29)28-15-7-13-23(28)25(30)31)8-6-14-27-26(32)33-16-22-20-11-4-2-9-18(20)19-10-3-5-12-21(19)22/h2-5,9-12,17,22-23H,6-8,13-16H2,1H3,(H,27,32)(H,30,31)/t17?,23-/m1/s1. The largest absolute Gasteiger partial charge is 0.480 e. The van der Waals surface area contributed by atoms with E-state index in [0.717, 1.165) is 6.42 Å². The van der Waals surface area contributed by atoms with Crippen LogP contribution in [0.25, 0.3) is 11.1 Å². The van der Waals surface area contributed by atoms with Gasteiger partial charge in [-0.15, -0.1) is 0 Å². The third-order valence-corrected chi connectivity index (χ3v) is 6.67. The van der Waals surface area contributed by atoms with Crippen LogP contribution in [0.1, 0.15) is 49.7 Å². The van der Waals surface area contributed by atoms with Crippen LogP contribution in [0, 0.1) is 5.92 Å². The van der Waals surface area contributed by atoms with Gasteiger partial charge in [0.15, 0.2) is 0 Å². The Morgan fingerprint density at radius 3 is 2.36 bits per heavy atom. The Bertz CT molecular complexity index is 991. The monoisotopic (exact) mass is 450 g/mol. The van der Waals surface area contributed by atoms with E-state index in [1.165, 1.54) is 27.2 Å². The molecule has 0 radical (unpaired) electrons. The number of amides is 2. The van der Waals surface area contributed by atoms with Gasteiger partial charge in [-0.2, -0.15) is 0 Å². The zero-order valence-corrected chi connectivity index (χ0v) is 18.8. The second kappa shape index (κ2) is 10.1. The first-order valence-electron chi connectivity index (χ1n) is 11.6. The predicted molar refractivity (Wildman–Crippen MR) is 124 cm³/mol. The van der Waals surface area contributed by atoms with Crippen LogP contribution < -0.4 is 5.32 Å². The molecule has 2 atom stereocenters. The van der Waals surface area contributed by atoms with Crippen molar-refractivity contribution in [2.24, 2.45) is 5.92 Å². The minimum Gasteiger partial charge on any atom is -0.480 e. The van der Waals surface area contributed by atoms with E-state index < -0.39 is 18.1 Å². The number of carboxylic acids is 1. The first-order chi connectivity index (χ1) is 16.0. The number of nitrogens with zero attached hydrogens (tertiary/aromatic N) is 1. The summed E-state index contributed by atoms with van der Waals surface area (Å²) < 4.78 is 5.53. The molecule has 0 aromatic heterocycles. The van der Waals surface area contributed by atoms with E-state index >= 15 is 0 Å². The van der Waals surface area contributed by atoms with E-state index in [4.69, 9.17) is 4.74 Å². The van der Waals surface area contributed by atoms with Crippen molar-refractivity contribution in [3.8, 4) is 11.1 Å². The lowest BCUT2D eigenvalue weighted by molar-refractivity contribution is -0.149. The number of alkyl carbamates (subject to hydrolysis) is 1. The Kier molecular flexibility index (Phi) is 6.96. The van der Waals surface area contributed by atoms with E-state index in [2.05, 4.69) is 29.6 Å². The molecule has 4 rings (SSSR count). The maximum absolute atomic E-state index is 12.6. The number of fused-ring (bicyclic) bond motifs is 3. The van der Waals surface area contributed by atoms with Crippen molar-refractivity contribution in [3.05, 3.63) is 59.7 Å². The Hall–Kier alpha value is -3.35. The van der Waals surface area contributed by atoms with Crippen molar-refractivity contribution >= 4 is 18.0 Å². The van der Waals surface area contributed by atoms with Crippen LogP contribution in [0.2, 0.25) is 0 Å². The smallest absolute Gasteiger partial charge is 0.407 e. The molecular formula is C26H30N2O5. The average Bonchev–Trinajstić information content (AvgIpc) is 3.43. The second-order valence-corrected chi connectivity index (χ2v) is 8.82. The maximum atomic E-state index is 12.6. The number of hydrogen-bond acceptors (Lipinski definition) is 4. The number of likely N-dealkylation sites (tertiary alicyclic amines) is 1. The molecule has 7 heteroatoms. The Labute approximate surface area is 193 Å². The van der Waals surface area contributed by atoms with Crippen LogP contribution in [-0.2, 0) is 14.3 Å². The number of nitrogens with one attached hydrogen (secondary N) is 1. The topological polar surface area (TPSA) is 95.9 Å². The van der Waals surface area contributed by atoms with Gasteiger partial charge in [0.25, 0.3) is 0 Å². The number of ether oxygens (including phenoxy) is 1. The fourth-order valence-electron chi connectivity index (χ4n) is 4.94. The first kappa shape index (κ1) is 22.8. The van der Waals surface area contributed by atoms with Crippen molar-refractivity contribution in [1.29, 1.82) is 0 Å². The van der Waals surface area contributed by atoms with Crippen molar-refractivity contribution in [1.82, 2.24) is 10.2 Å². The molecule has 33 heavy (non-hydrogen) atoms. The molecule has 2 aliphatic rings. The number of rotatable bonds is 8. The van der Waals surface area contributed by atoms with Crippen LogP contribution in [0.3, 0.4) is 0 Å². The minimum absolute atomic E-state index is 0.0171. The highest BCUT2D eigenvalue weighted by atomic mass is 16.5. The molecule has 7 nitrogen and oxygen atoms in total. The number of aliphatic carboxylic acids is 1. The van der Waals surface area contributed by atoms with Crippen molar-refractivity contribution in [2.75, 3.05) is 19.7 Å². The minimum atomic E-state index is -0.940. The Morgan fingerprint density at radius 1 is 1.09 bits per heavy atom. The highest BCUT2D eigenvalue weighted by Gasteiger charge is 2.35. The summed E-state index contributed by atoms with van der Waals surface area (Å²) in [5.41, 5.74) is 4.70. The molecule has 1 unspecified atom stereocenters. The molecule has 1 fully saturated rings. The average molecular weight is 451 g/mol. The molecule has 0 saturated carbocycles. The lowest BCUT2D eigenvalue weighted by atomic mass is 9.98. The summed E-state index contributed by atoms with van der Waals surface area (Å²) in [5, 5.41) is 12.0. The molecule has 0 bridgehead atoms. The highest BCUT2D eigenvalue weighted by Crippen LogP contribution is 2.44. The van der Waals surface area contributed by atoms with Crippen LogP contribution in [0.5, 0.6) is 0 Å². The lowest BCUT2D eigenvalue weighted by Gasteiger charge is -2.24. The molecule has 2 amide bonds. The number of carbonyl (C=O) groups excluding carboxylic acids is 2. The molecule has 1 aliphatic carbocycles. The first-order valence-corrected chi connectivity index (χ1v) is 11.6. The predicted octanol–water partition coefficient (Wildman–Crippen LogP) is 4.02. The van der Waals surface area contributed by atoms with Crippen LogP contribution in [0.15, 0.2) is 48.5 Å². The maximum Gasteiger partial charge on any atom is 0.407 e. The van der Waals surface area contributed by atoms with Gasteiger partial charge in [-0.3, -0.25) is 4.79 Å². The van der Waals surface area contributed by atoms with E-state index in [-0.39, 0.29) is 24.3 Å². The molecular weight excluding hydrogens is 420 g/mol. The number of benzene rings is 2. The van der Waals surface area contributed by atoms with Gasteiger partial charge in [0.1, 0.15) is 12.6 Å². The fourth-order valence-corrected chi connectivity index (χ4v) is 4.94.